The second kappa shape index (κ2) is 4.14. The highest BCUT2D eigenvalue weighted by molar-refractivity contribution is 8.76. The number of anilines is 1. The van der Waals surface area contributed by atoms with E-state index in [4.69, 9.17) is 17.3 Å². The number of rotatable bonds is 2. The van der Waals surface area contributed by atoms with Gasteiger partial charge in [0.15, 0.2) is 0 Å². The van der Waals surface area contributed by atoms with Crippen molar-refractivity contribution in [1.29, 1.82) is 0 Å². The van der Waals surface area contributed by atoms with Gasteiger partial charge in [0.2, 0.25) is 0 Å². The highest BCUT2D eigenvalue weighted by atomic mass is 35.5. The van der Waals surface area contributed by atoms with E-state index >= 15 is 0 Å². The fourth-order valence-corrected chi connectivity index (χ4v) is 2.51. The lowest BCUT2D eigenvalue weighted by atomic mass is 10.3. The Morgan fingerprint density at radius 2 is 2.18 bits per heavy atom. The average molecular weight is 206 g/mol. The molecule has 0 aromatic heterocycles. The third-order valence-corrected chi connectivity index (χ3v) is 3.29. The molecule has 11 heavy (non-hydrogen) atoms. The molecule has 0 bridgehead atoms. The molecule has 2 N–H and O–H groups in total. The fourth-order valence-electron chi connectivity index (χ4n) is 0.674. The molecule has 1 rings (SSSR count). The monoisotopic (exact) mass is 205 g/mol. The lowest BCUT2D eigenvalue weighted by Gasteiger charge is -2.01. The molecule has 0 amide bonds. The van der Waals surface area contributed by atoms with E-state index in [9.17, 15) is 0 Å². The minimum atomic E-state index is 0.756. The van der Waals surface area contributed by atoms with E-state index < -0.39 is 0 Å². The molecule has 0 aliphatic heterocycles. The molecule has 1 aromatic carbocycles. The smallest absolute Gasteiger partial charge is 0.0552 e. The van der Waals surface area contributed by atoms with Crippen LogP contribution in [0.15, 0.2) is 23.1 Å². The zero-order valence-corrected chi connectivity index (χ0v) is 8.39. The van der Waals surface area contributed by atoms with Gasteiger partial charge in [0, 0.05) is 10.6 Å². The Kier molecular flexibility index (Phi) is 3.43. The van der Waals surface area contributed by atoms with Crippen molar-refractivity contribution >= 4 is 38.9 Å². The van der Waals surface area contributed by atoms with Crippen LogP contribution in [0, 0.1) is 0 Å². The van der Waals surface area contributed by atoms with Crippen molar-refractivity contribution in [3.05, 3.63) is 23.2 Å². The maximum absolute atomic E-state index is 5.89. The topological polar surface area (TPSA) is 26.0 Å². The van der Waals surface area contributed by atoms with Crippen LogP contribution in [0.1, 0.15) is 0 Å². The van der Waals surface area contributed by atoms with Gasteiger partial charge in [-0.3, -0.25) is 0 Å². The molecule has 0 heterocycles. The third-order valence-electron chi connectivity index (χ3n) is 1.13. The molecule has 0 aliphatic carbocycles. The molecule has 0 unspecified atom stereocenters. The predicted octanol–water partition coefficient (Wildman–Crippen LogP) is 3.29. The van der Waals surface area contributed by atoms with Gasteiger partial charge < -0.3 is 5.73 Å². The van der Waals surface area contributed by atoms with E-state index in [0.29, 0.717) is 0 Å². The standard InChI is InChI=1S/C7H8ClNS2/c1-10-11-7-4-5(9)2-3-6(7)8/h2-4H,9H2,1H3. The molecule has 1 nitrogen and oxygen atoms in total. The largest absolute Gasteiger partial charge is 0.399 e. The second-order valence-electron chi connectivity index (χ2n) is 1.94. The van der Waals surface area contributed by atoms with Gasteiger partial charge in [-0.05, 0) is 24.5 Å². The summed E-state index contributed by atoms with van der Waals surface area (Å²) in [7, 11) is 3.28. The van der Waals surface area contributed by atoms with Crippen molar-refractivity contribution in [3.8, 4) is 0 Å². The second-order valence-corrected chi connectivity index (χ2v) is 4.79. The summed E-state index contributed by atoms with van der Waals surface area (Å²) in [6, 6.07) is 5.49. The summed E-state index contributed by atoms with van der Waals surface area (Å²) in [4.78, 5) is 1.03. The summed E-state index contributed by atoms with van der Waals surface area (Å²) < 4.78 is 0. The third kappa shape index (κ3) is 2.51. The van der Waals surface area contributed by atoms with Crippen molar-refractivity contribution < 1.29 is 0 Å². The van der Waals surface area contributed by atoms with E-state index in [-0.39, 0.29) is 0 Å². The number of nitrogens with two attached hydrogens (primary N) is 1. The van der Waals surface area contributed by atoms with Crippen molar-refractivity contribution in [2.24, 2.45) is 0 Å². The molecule has 0 radical (unpaired) electrons. The molecule has 0 aliphatic rings. The van der Waals surface area contributed by atoms with Gasteiger partial charge in [-0.1, -0.05) is 33.2 Å². The summed E-state index contributed by atoms with van der Waals surface area (Å²) in [5, 5.41) is 0.763. The minimum Gasteiger partial charge on any atom is -0.399 e. The van der Waals surface area contributed by atoms with E-state index in [1.165, 1.54) is 0 Å². The van der Waals surface area contributed by atoms with Crippen molar-refractivity contribution in [2.75, 3.05) is 12.0 Å². The van der Waals surface area contributed by atoms with Crippen LogP contribution in [0.3, 0.4) is 0 Å². The Morgan fingerprint density at radius 1 is 1.45 bits per heavy atom. The summed E-state index contributed by atoms with van der Waals surface area (Å²) in [6.45, 7) is 0. The molecule has 1 aromatic rings. The Bertz CT molecular complexity index is 252. The van der Waals surface area contributed by atoms with Crippen LogP contribution in [-0.4, -0.2) is 6.26 Å². The van der Waals surface area contributed by atoms with E-state index in [2.05, 4.69) is 0 Å². The number of hydrogen-bond acceptors (Lipinski definition) is 3. The van der Waals surface area contributed by atoms with Gasteiger partial charge >= 0.3 is 0 Å². The Balaban J connectivity index is 2.93. The van der Waals surface area contributed by atoms with E-state index in [1.54, 1.807) is 27.7 Å². The first-order valence-corrected chi connectivity index (χ1v) is 5.93. The summed E-state index contributed by atoms with van der Waals surface area (Å²) in [6.07, 6.45) is 2.00. The minimum absolute atomic E-state index is 0.756. The lowest BCUT2D eigenvalue weighted by molar-refractivity contribution is 1.47. The predicted molar refractivity (Wildman–Crippen MR) is 55.2 cm³/mol. The van der Waals surface area contributed by atoms with Crippen LogP contribution < -0.4 is 5.73 Å². The molecule has 60 valence electrons. The number of nitrogen functional groups attached to an aromatic ring is 1. The van der Waals surface area contributed by atoms with Crippen LogP contribution in [-0.2, 0) is 0 Å². The van der Waals surface area contributed by atoms with Gasteiger partial charge in [-0.15, -0.1) is 0 Å². The molecule has 0 atom stereocenters. The first-order chi connectivity index (χ1) is 5.24. The molecule has 0 saturated heterocycles. The average Bonchev–Trinajstić information content (AvgIpc) is 1.98. The Morgan fingerprint density at radius 3 is 2.82 bits per heavy atom. The van der Waals surface area contributed by atoms with Crippen LogP contribution in [0.2, 0.25) is 5.02 Å². The van der Waals surface area contributed by atoms with Gasteiger partial charge in [0.1, 0.15) is 0 Å². The molecule has 0 fully saturated rings. The highest BCUT2D eigenvalue weighted by Crippen LogP contribution is 2.35. The van der Waals surface area contributed by atoms with Crippen LogP contribution in [0.4, 0.5) is 5.69 Å². The van der Waals surface area contributed by atoms with Crippen LogP contribution in [0.5, 0.6) is 0 Å². The van der Waals surface area contributed by atoms with Gasteiger partial charge in [-0.2, -0.15) is 0 Å². The maximum Gasteiger partial charge on any atom is 0.0552 e. The first-order valence-electron chi connectivity index (χ1n) is 2.99. The molecule has 0 saturated carbocycles. The molecular formula is C7H8ClNS2. The van der Waals surface area contributed by atoms with Crippen LogP contribution in [0.25, 0.3) is 0 Å². The number of hydrogen-bond donors (Lipinski definition) is 1. The van der Waals surface area contributed by atoms with Gasteiger partial charge in [-0.25, -0.2) is 0 Å². The summed E-state index contributed by atoms with van der Waals surface area (Å²) in [5.74, 6) is 0. The maximum atomic E-state index is 5.89. The lowest BCUT2D eigenvalue weighted by Crippen LogP contribution is -1.83. The molecule has 0 spiro atoms. The zero-order chi connectivity index (χ0) is 8.27. The Hall–Kier alpha value is 0.01000. The summed E-state index contributed by atoms with van der Waals surface area (Å²) >= 11 is 5.89. The van der Waals surface area contributed by atoms with Gasteiger partial charge in [0.25, 0.3) is 0 Å². The number of halogens is 1. The van der Waals surface area contributed by atoms with E-state index in [0.717, 1.165) is 15.6 Å². The van der Waals surface area contributed by atoms with Crippen molar-refractivity contribution in [1.82, 2.24) is 0 Å². The Labute approximate surface area is 79.1 Å². The highest BCUT2D eigenvalue weighted by Gasteiger charge is 1.99. The van der Waals surface area contributed by atoms with Gasteiger partial charge in [0.05, 0.1) is 5.02 Å². The summed E-state index contributed by atoms with van der Waals surface area (Å²) in [5.41, 5.74) is 6.33. The number of benzene rings is 1. The van der Waals surface area contributed by atoms with E-state index in [1.807, 2.05) is 18.4 Å². The van der Waals surface area contributed by atoms with Crippen LogP contribution >= 0.6 is 33.2 Å². The first kappa shape index (κ1) is 9.10. The molecule has 4 heteroatoms. The molecular weight excluding hydrogens is 198 g/mol. The fraction of sp³-hybridized carbons (Fsp3) is 0.143. The normalized spacial score (nSPS) is 10.0. The SMILES string of the molecule is CSSc1cc(N)ccc1Cl. The zero-order valence-electron chi connectivity index (χ0n) is 6.00. The van der Waals surface area contributed by atoms with Crippen molar-refractivity contribution in [3.63, 3.8) is 0 Å². The van der Waals surface area contributed by atoms with Crippen molar-refractivity contribution in [2.45, 2.75) is 4.90 Å². The quantitative estimate of drug-likeness (QED) is 0.593.